The number of carbonyl (C=O) groups is 1. The average molecular weight is 393 g/mol. The predicted octanol–water partition coefficient (Wildman–Crippen LogP) is 4.51. The van der Waals surface area contributed by atoms with Gasteiger partial charge in [0.25, 0.3) is 11.6 Å². The number of carbonyl (C=O) groups excluding carboxylic acids is 1. The second-order valence-corrected chi connectivity index (χ2v) is 6.38. The number of nitro groups is 1. The van der Waals surface area contributed by atoms with E-state index in [-0.39, 0.29) is 21.4 Å². The lowest BCUT2D eigenvalue weighted by Gasteiger charge is -2.09. The molecule has 1 N–H and O–H groups in total. The van der Waals surface area contributed by atoms with Gasteiger partial charge >= 0.3 is 6.18 Å². The molecule has 0 spiro atoms. The highest BCUT2D eigenvalue weighted by atomic mass is 32.2. The van der Waals surface area contributed by atoms with Gasteiger partial charge in [0.1, 0.15) is 0 Å². The van der Waals surface area contributed by atoms with E-state index in [0.717, 1.165) is 17.8 Å². The quantitative estimate of drug-likeness (QED) is 0.473. The van der Waals surface area contributed by atoms with Crippen LogP contribution in [0, 0.1) is 10.1 Å². The summed E-state index contributed by atoms with van der Waals surface area (Å²) in [6.45, 7) is 0. The molecule has 0 atom stereocenters. The summed E-state index contributed by atoms with van der Waals surface area (Å²) >= 11 is 0.888. The van der Waals surface area contributed by atoms with E-state index in [1.807, 2.05) is 0 Å². The van der Waals surface area contributed by atoms with E-state index >= 15 is 0 Å². The first-order valence-electron chi connectivity index (χ1n) is 7.44. The van der Waals surface area contributed by atoms with Gasteiger partial charge in [-0.05, 0) is 47.7 Å². The number of nitrogens with zero attached hydrogens (tertiary/aromatic N) is 2. The fourth-order valence-electron chi connectivity index (χ4n) is 2.24. The molecule has 0 aliphatic carbocycles. The van der Waals surface area contributed by atoms with Crippen LogP contribution in [0.3, 0.4) is 0 Å². The molecule has 10 heteroatoms. The van der Waals surface area contributed by atoms with E-state index in [1.165, 1.54) is 48.5 Å². The Labute approximate surface area is 154 Å². The first-order chi connectivity index (χ1) is 12.7. The molecular formula is C17H10F3N3O3S. The van der Waals surface area contributed by atoms with Crippen molar-refractivity contribution in [3.05, 3.63) is 74.7 Å². The molecule has 3 rings (SSSR count). The molecule has 1 aliphatic heterocycles. The highest BCUT2D eigenvalue weighted by molar-refractivity contribution is 8.18. The summed E-state index contributed by atoms with van der Waals surface area (Å²) in [7, 11) is 0. The summed E-state index contributed by atoms with van der Waals surface area (Å²) in [4.78, 5) is 26.2. The second-order valence-electron chi connectivity index (χ2n) is 5.35. The molecule has 1 amide bonds. The van der Waals surface area contributed by atoms with Gasteiger partial charge < -0.3 is 5.32 Å². The van der Waals surface area contributed by atoms with Crippen molar-refractivity contribution in [3.63, 3.8) is 0 Å². The van der Waals surface area contributed by atoms with Crippen LogP contribution in [0.1, 0.15) is 11.1 Å². The lowest BCUT2D eigenvalue weighted by Crippen LogP contribution is -2.19. The molecule has 6 nitrogen and oxygen atoms in total. The first kappa shape index (κ1) is 18.6. The van der Waals surface area contributed by atoms with Gasteiger partial charge in [-0.2, -0.15) is 13.2 Å². The van der Waals surface area contributed by atoms with E-state index in [9.17, 15) is 28.1 Å². The highest BCUT2D eigenvalue weighted by Crippen LogP contribution is 2.37. The molecule has 2 aromatic rings. The molecule has 1 fully saturated rings. The monoisotopic (exact) mass is 393 g/mol. The van der Waals surface area contributed by atoms with Crippen LogP contribution >= 0.6 is 11.8 Å². The summed E-state index contributed by atoms with van der Waals surface area (Å²) in [5, 5.41) is 13.1. The number of benzene rings is 2. The smallest absolute Gasteiger partial charge is 0.300 e. The van der Waals surface area contributed by atoms with Crippen molar-refractivity contribution in [2.45, 2.75) is 6.18 Å². The third kappa shape index (κ3) is 4.34. The normalized spacial score (nSPS) is 17.4. The minimum atomic E-state index is -4.56. The van der Waals surface area contributed by atoms with E-state index in [1.54, 1.807) is 0 Å². The van der Waals surface area contributed by atoms with Crippen LogP contribution in [0.2, 0.25) is 0 Å². The number of aliphatic imine (C=N–C) groups is 1. The first-order valence-corrected chi connectivity index (χ1v) is 8.26. The summed E-state index contributed by atoms with van der Waals surface area (Å²) in [6.07, 6.45) is -3.09. The number of amidine groups is 1. The number of nitrogens with one attached hydrogen (secondary N) is 1. The van der Waals surface area contributed by atoms with Crippen LogP contribution in [0.25, 0.3) is 6.08 Å². The third-order valence-corrected chi connectivity index (χ3v) is 4.39. The standard InChI is InChI=1S/C17H10F3N3O3S/c18-17(19,20)12-3-1-2-4-13(12)21-16-22-15(24)14(27-16)9-10-5-7-11(8-6-10)23(25)26/h1-9H,(H,21,22,24). The predicted molar refractivity (Wildman–Crippen MR) is 95.3 cm³/mol. The van der Waals surface area contributed by atoms with Crippen molar-refractivity contribution in [3.8, 4) is 0 Å². The van der Waals surface area contributed by atoms with Gasteiger partial charge in [-0.15, -0.1) is 0 Å². The summed E-state index contributed by atoms with van der Waals surface area (Å²) < 4.78 is 39.1. The Morgan fingerprint density at radius 2 is 1.78 bits per heavy atom. The van der Waals surface area contributed by atoms with E-state index in [4.69, 9.17) is 0 Å². The molecule has 0 aromatic heterocycles. The Morgan fingerprint density at radius 3 is 2.41 bits per heavy atom. The fourth-order valence-corrected chi connectivity index (χ4v) is 3.08. The maximum absolute atomic E-state index is 13.0. The van der Waals surface area contributed by atoms with Gasteiger partial charge in [0.05, 0.1) is 21.1 Å². The number of nitro benzene ring substituents is 1. The largest absolute Gasteiger partial charge is 0.418 e. The summed E-state index contributed by atoms with van der Waals surface area (Å²) in [5.74, 6) is -0.512. The number of non-ortho nitro benzene ring substituents is 1. The highest BCUT2D eigenvalue weighted by Gasteiger charge is 2.34. The Morgan fingerprint density at radius 1 is 1.11 bits per heavy atom. The van der Waals surface area contributed by atoms with Gasteiger partial charge in [0.15, 0.2) is 5.17 Å². The number of alkyl halides is 3. The number of halogens is 3. The van der Waals surface area contributed by atoms with Gasteiger partial charge in [-0.1, -0.05) is 12.1 Å². The van der Waals surface area contributed by atoms with Crippen LogP contribution in [0.4, 0.5) is 24.5 Å². The molecule has 1 saturated heterocycles. The van der Waals surface area contributed by atoms with Crippen LogP contribution in [0.5, 0.6) is 0 Å². The van der Waals surface area contributed by atoms with Gasteiger partial charge in [0, 0.05) is 12.1 Å². The van der Waals surface area contributed by atoms with E-state index in [0.29, 0.717) is 5.56 Å². The zero-order valence-electron chi connectivity index (χ0n) is 13.4. The van der Waals surface area contributed by atoms with Gasteiger partial charge in [-0.3, -0.25) is 14.9 Å². The summed E-state index contributed by atoms with van der Waals surface area (Å²) in [6, 6.07) is 10.3. The topological polar surface area (TPSA) is 84.6 Å². The maximum atomic E-state index is 13.0. The number of amides is 1. The minimum Gasteiger partial charge on any atom is -0.300 e. The van der Waals surface area contributed by atoms with Crippen LogP contribution < -0.4 is 5.32 Å². The summed E-state index contributed by atoms with van der Waals surface area (Å²) in [5.41, 5.74) is -0.758. The molecule has 27 heavy (non-hydrogen) atoms. The molecule has 0 saturated carbocycles. The Hall–Kier alpha value is -3.14. The number of hydrogen-bond donors (Lipinski definition) is 1. The van der Waals surface area contributed by atoms with Crippen molar-refractivity contribution in [1.82, 2.24) is 5.32 Å². The van der Waals surface area contributed by atoms with Crippen LogP contribution in [0.15, 0.2) is 58.4 Å². The number of rotatable bonds is 3. The molecule has 1 heterocycles. The molecule has 0 bridgehead atoms. The molecule has 1 aliphatic rings. The minimum absolute atomic E-state index is 0.0184. The second kappa shape index (κ2) is 7.23. The van der Waals surface area contributed by atoms with E-state index in [2.05, 4.69) is 10.3 Å². The maximum Gasteiger partial charge on any atom is 0.418 e. The average Bonchev–Trinajstić information content (AvgIpc) is 2.94. The Bertz CT molecular complexity index is 969. The Kier molecular flexibility index (Phi) is 5.00. The number of hydrogen-bond acceptors (Lipinski definition) is 5. The SMILES string of the molecule is O=C1NC(=Nc2ccccc2C(F)(F)F)SC1=Cc1ccc([N+](=O)[O-])cc1. The van der Waals surface area contributed by atoms with Crippen molar-refractivity contribution in [2.24, 2.45) is 4.99 Å². The lowest BCUT2D eigenvalue weighted by molar-refractivity contribution is -0.384. The molecule has 2 aromatic carbocycles. The van der Waals surface area contributed by atoms with E-state index < -0.39 is 22.6 Å². The lowest BCUT2D eigenvalue weighted by atomic mass is 10.2. The van der Waals surface area contributed by atoms with Crippen LogP contribution in [-0.4, -0.2) is 16.0 Å². The fraction of sp³-hybridized carbons (Fsp3) is 0.0588. The number of thioether (sulfide) groups is 1. The Balaban J connectivity index is 1.86. The van der Waals surface area contributed by atoms with Crippen molar-refractivity contribution in [2.75, 3.05) is 0 Å². The molecular weight excluding hydrogens is 383 g/mol. The third-order valence-electron chi connectivity index (χ3n) is 3.48. The zero-order chi connectivity index (χ0) is 19.6. The van der Waals surface area contributed by atoms with Gasteiger partial charge in [-0.25, -0.2) is 4.99 Å². The molecule has 0 radical (unpaired) electrons. The van der Waals surface area contributed by atoms with Crippen molar-refractivity contribution in [1.29, 1.82) is 0 Å². The molecule has 138 valence electrons. The number of para-hydroxylation sites is 1. The van der Waals surface area contributed by atoms with Crippen molar-refractivity contribution >= 4 is 40.3 Å². The van der Waals surface area contributed by atoms with Crippen molar-refractivity contribution < 1.29 is 22.9 Å². The zero-order valence-corrected chi connectivity index (χ0v) is 14.2. The van der Waals surface area contributed by atoms with Gasteiger partial charge in [0.2, 0.25) is 0 Å². The van der Waals surface area contributed by atoms with Crippen LogP contribution in [-0.2, 0) is 11.0 Å². The molecule has 0 unspecified atom stereocenters.